The number of hydrogen-bond donors (Lipinski definition) is 0. The van der Waals surface area contributed by atoms with Crippen molar-refractivity contribution in [1.82, 2.24) is 19.4 Å². The van der Waals surface area contributed by atoms with Crippen LogP contribution in [0, 0.1) is 0 Å². The van der Waals surface area contributed by atoms with E-state index < -0.39 is 0 Å². The molecule has 1 aromatic heterocycles. The highest BCUT2D eigenvalue weighted by atomic mass is 16.5. The molecule has 0 radical (unpaired) electrons. The second-order valence-electron chi connectivity index (χ2n) is 8.31. The molecule has 0 saturated carbocycles. The molecule has 1 saturated heterocycles. The van der Waals surface area contributed by atoms with Crippen LogP contribution in [0.1, 0.15) is 10.4 Å². The third-order valence-electron chi connectivity index (χ3n) is 6.24. The topological polar surface area (TPSA) is 59.8 Å². The van der Waals surface area contributed by atoms with Gasteiger partial charge in [-0.25, -0.2) is 4.98 Å². The number of rotatable bonds is 7. The lowest BCUT2D eigenvalue weighted by Gasteiger charge is -2.34. The largest absolute Gasteiger partial charge is 0.497 e. The molecule has 174 valence electrons. The van der Waals surface area contributed by atoms with Crippen LogP contribution in [0.25, 0.3) is 16.7 Å². The summed E-state index contributed by atoms with van der Waals surface area (Å²) in [5.74, 6) is 1.73. The summed E-state index contributed by atoms with van der Waals surface area (Å²) in [6, 6.07) is 23.4. The number of benzene rings is 3. The Bertz CT molecular complexity index is 1240. The maximum atomic E-state index is 13.0. The standard InChI is InChI=1S/C27H28N4O3/c1-33-23-10-12-24(13-11-23)34-19-18-29-14-16-30(17-15-29)27(32)21-6-8-22(9-7-21)31-20-28-25-4-2-3-5-26(25)31/h2-13,20H,14-19H2,1H3. The smallest absolute Gasteiger partial charge is 0.253 e. The molecule has 0 atom stereocenters. The number of carbonyl (C=O) groups is 1. The van der Waals surface area contributed by atoms with Crippen molar-refractivity contribution in [3.8, 4) is 17.2 Å². The number of ether oxygens (including phenoxy) is 2. The summed E-state index contributed by atoms with van der Waals surface area (Å²) in [7, 11) is 1.65. The number of hydrogen-bond acceptors (Lipinski definition) is 5. The zero-order valence-corrected chi connectivity index (χ0v) is 19.3. The number of piperazine rings is 1. The van der Waals surface area contributed by atoms with Gasteiger partial charge in [0.2, 0.25) is 0 Å². The number of aromatic nitrogens is 2. The first-order valence-electron chi connectivity index (χ1n) is 11.5. The van der Waals surface area contributed by atoms with Gasteiger partial charge in [-0.3, -0.25) is 14.3 Å². The van der Waals surface area contributed by atoms with Crippen molar-refractivity contribution in [1.29, 1.82) is 0 Å². The number of imidazole rings is 1. The molecular formula is C27H28N4O3. The molecule has 2 heterocycles. The predicted octanol–water partition coefficient (Wildman–Crippen LogP) is 3.87. The van der Waals surface area contributed by atoms with Gasteiger partial charge in [-0.2, -0.15) is 0 Å². The van der Waals surface area contributed by atoms with Crippen LogP contribution in [0.3, 0.4) is 0 Å². The van der Waals surface area contributed by atoms with E-state index >= 15 is 0 Å². The van der Waals surface area contributed by atoms with E-state index in [9.17, 15) is 4.79 Å². The maximum absolute atomic E-state index is 13.0. The Morgan fingerprint density at radius 1 is 0.882 bits per heavy atom. The summed E-state index contributed by atoms with van der Waals surface area (Å²) in [4.78, 5) is 21.7. The van der Waals surface area contributed by atoms with E-state index in [2.05, 4.69) is 9.88 Å². The van der Waals surface area contributed by atoms with Crippen LogP contribution in [0.15, 0.2) is 79.1 Å². The third kappa shape index (κ3) is 4.75. The molecule has 7 nitrogen and oxygen atoms in total. The zero-order chi connectivity index (χ0) is 23.3. The van der Waals surface area contributed by atoms with E-state index in [1.807, 2.05) is 88.6 Å². The van der Waals surface area contributed by atoms with Gasteiger partial charge in [0, 0.05) is 44.0 Å². The third-order valence-corrected chi connectivity index (χ3v) is 6.24. The van der Waals surface area contributed by atoms with Gasteiger partial charge in [0.05, 0.1) is 18.1 Å². The minimum absolute atomic E-state index is 0.0798. The van der Waals surface area contributed by atoms with E-state index in [1.165, 1.54) is 0 Å². The van der Waals surface area contributed by atoms with Crippen molar-refractivity contribution in [2.24, 2.45) is 0 Å². The lowest BCUT2D eigenvalue weighted by molar-refractivity contribution is 0.0620. The molecule has 7 heteroatoms. The summed E-state index contributed by atoms with van der Waals surface area (Å²) in [5.41, 5.74) is 3.71. The molecule has 34 heavy (non-hydrogen) atoms. The van der Waals surface area contributed by atoms with Crippen LogP contribution in [0.2, 0.25) is 0 Å². The first kappa shape index (κ1) is 22.0. The molecule has 1 amide bonds. The first-order chi connectivity index (χ1) is 16.7. The molecule has 0 aliphatic carbocycles. The van der Waals surface area contributed by atoms with Crippen molar-refractivity contribution >= 4 is 16.9 Å². The van der Waals surface area contributed by atoms with E-state index in [0.29, 0.717) is 12.2 Å². The molecular weight excluding hydrogens is 428 g/mol. The number of nitrogens with zero attached hydrogens (tertiary/aromatic N) is 4. The fourth-order valence-electron chi connectivity index (χ4n) is 4.25. The van der Waals surface area contributed by atoms with Crippen LogP contribution < -0.4 is 9.47 Å². The van der Waals surface area contributed by atoms with Crippen molar-refractivity contribution in [2.45, 2.75) is 0 Å². The van der Waals surface area contributed by atoms with Crippen molar-refractivity contribution in [3.63, 3.8) is 0 Å². The van der Waals surface area contributed by atoms with Gasteiger partial charge in [-0.15, -0.1) is 0 Å². The lowest BCUT2D eigenvalue weighted by atomic mass is 10.1. The van der Waals surface area contributed by atoms with Gasteiger partial charge >= 0.3 is 0 Å². The van der Waals surface area contributed by atoms with Crippen LogP contribution in [-0.2, 0) is 0 Å². The highest BCUT2D eigenvalue weighted by Gasteiger charge is 2.22. The Balaban J connectivity index is 1.12. The molecule has 0 spiro atoms. The van der Waals surface area contributed by atoms with E-state index in [1.54, 1.807) is 7.11 Å². The van der Waals surface area contributed by atoms with E-state index in [0.717, 1.165) is 60.9 Å². The van der Waals surface area contributed by atoms with Gasteiger partial charge < -0.3 is 14.4 Å². The van der Waals surface area contributed by atoms with E-state index in [-0.39, 0.29) is 5.91 Å². The Morgan fingerprint density at radius 2 is 1.59 bits per heavy atom. The average molecular weight is 457 g/mol. The monoisotopic (exact) mass is 456 g/mol. The molecule has 3 aromatic carbocycles. The molecule has 1 fully saturated rings. The molecule has 0 unspecified atom stereocenters. The minimum Gasteiger partial charge on any atom is -0.497 e. The summed E-state index contributed by atoms with van der Waals surface area (Å²) >= 11 is 0. The molecule has 4 aromatic rings. The number of fused-ring (bicyclic) bond motifs is 1. The highest BCUT2D eigenvalue weighted by molar-refractivity contribution is 5.94. The predicted molar refractivity (Wildman–Crippen MR) is 132 cm³/mol. The molecule has 1 aliphatic rings. The van der Waals surface area contributed by atoms with Crippen LogP contribution in [-0.4, -0.2) is 71.7 Å². The normalized spacial score (nSPS) is 14.3. The van der Waals surface area contributed by atoms with Crippen LogP contribution >= 0.6 is 0 Å². The number of methoxy groups -OCH3 is 1. The highest BCUT2D eigenvalue weighted by Crippen LogP contribution is 2.20. The molecule has 0 bridgehead atoms. The van der Waals surface area contributed by atoms with Crippen LogP contribution in [0.5, 0.6) is 11.5 Å². The van der Waals surface area contributed by atoms with Crippen molar-refractivity contribution in [3.05, 3.63) is 84.7 Å². The SMILES string of the molecule is COc1ccc(OCCN2CCN(C(=O)c3ccc(-n4cnc5ccccc54)cc3)CC2)cc1. The van der Waals surface area contributed by atoms with Gasteiger partial charge in [0.1, 0.15) is 24.4 Å². The van der Waals surface area contributed by atoms with Crippen LogP contribution in [0.4, 0.5) is 0 Å². The van der Waals surface area contributed by atoms with Gasteiger partial charge in [0.15, 0.2) is 0 Å². The van der Waals surface area contributed by atoms with Gasteiger partial charge in [-0.05, 0) is 60.7 Å². The summed E-state index contributed by atoms with van der Waals surface area (Å²) in [5, 5.41) is 0. The Labute approximate surface area is 199 Å². The van der Waals surface area contributed by atoms with Gasteiger partial charge in [0.25, 0.3) is 5.91 Å². The Morgan fingerprint density at radius 3 is 2.32 bits per heavy atom. The first-order valence-corrected chi connectivity index (χ1v) is 11.5. The van der Waals surface area contributed by atoms with Crippen molar-refractivity contribution < 1.29 is 14.3 Å². The number of amides is 1. The molecule has 1 aliphatic heterocycles. The van der Waals surface area contributed by atoms with Crippen molar-refractivity contribution in [2.75, 3.05) is 46.4 Å². The zero-order valence-electron chi connectivity index (χ0n) is 19.3. The molecule has 5 rings (SSSR count). The summed E-state index contributed by atoms with van der Waals surface area (Å²) in [6.07, 6.45) is 1.82. The maximum Gasteiger partial charge on any atom is 0.253 e. The fourth-order valence-corrected chi connectivity index (χ4v) is 4.25. The summed E-state index contributed by atoms with van der Waals surface area (Å²) in [6.45, 7) is 4.57. The summed E-state index contributed by atoms with van der Waals surface area (Å²) < 4.78 is 13.0. The Hall–Kier alpha value is -3.84. The number of carbonyl (C=O) groups excluding carboxylic acids is 1. The lowest BCUT2D eigenvalue weighted by Crippen LogP contribution is -2.49. The Kier molecular flexibility index (Phi) is 6.44. The van der Waals surface area contributed by atoms with E-state index in [4.69, 9.17) is 9.47 Å². The minimum atomic E-state index is 0.0798. The fraction of sp³-hybridized carbons (Fsp3) is 0.259. The number of para-hydroxylation sites is 2. The quantitative estimate of drug-likeness (QED) is 0.423. The average Bonchev–Trinajstić information content (AvgIpc) is 3.33. The second-order valence-corrected chi connectivity index (χ2v) is 8.31. The van der Waals surface area contributed by atoms with Gasteiger partial charge in [-0.1, -0.05) is 12.1 Å². The molecule has 0 N–H and O–H groups in total. The second kappa shape index (κ2) is 9.97.